The molecule has 0 aliphatic heterocycles. The Morgan fingerprint density at radius 1 is 1.48 bits per heavy atom. The minimum absolute atomic E-state index is 0.0419. The van der Waals surface area contributed by atoms with Crippen LogP contribution >= 0.6 is 11.3 Å². The van der Waals surface area contributed by atoms with Gasteiger partial charge >= 0.3 is 6.03 Å². The van der Waals surface area contributed by atoms with Crippen molar-refractivity contribution in [2.75, 3.05) is 19.0 Å². The predicted octanol–water partition coefficient (Wildman–Crippen LogP) is 3.27. The van der Waals surface area contributed by atoms with Crippen LogP contribution in [0.5, 0.6) is 0 Å². The van der Waals surface area contributed by atoms with Crippen molar-refractivity contribution < 1.29 is 9.53 Å². The summed E-state index contributed by atoms with van der Waals surface area (Å²) in [7, 11) is 1.61. The SMILES string of the molecule is COC[C@H](C)NC(=O)Nc1cccc(-c2nc(C)cs2)c1. The maximum absolute atomic E-state index is 11.9. The van der Waals surface area contributed by atoms with E-state index in [9.17, 15) is 4.79 Å². The molecule has 6 heteroatoms. The molecule has 0 saturated heterocycles. The second-order valence-corrected chi connectivity index (χ2v) is 5.69. The van der Waals surface area contributed by atoms with E-state index < -0.39 is 0 Å². The fourth-order valence-corrected chi connectivity index (χ4v) is 2.69. The number of nitrogens with zero attached hydrogens (tertiary/aromatic N) is 1. The van der Waals surface area contributed by atoms with Gasteiger partial charge in [-0.2, -0.15) is 0 Å². The number of benzene rings is 1. The highest BCUT2D eigenvalue weighted by Gasteiger charge is 2.08. The third-order valence-corrected chi connectivity index (χ3v) is 3.79. The monoisotopic (exact) mass is 305 g/mol. The van der Waals surface area contributed by atoms with Gasteiger partial charge in [-0.15, -0.1) is 11.3 Å². The molecule has 0 radical (unpaired) electrons. The maximum atomic E-state index is 11.9. The molecule has 0 bridgehead atoms. The highest BCUT2D eigenvalue weighted by Crippen LogP contribution is 2.25. The molecule has 0 aliphatic carbocycles. The number of aryl methyl sites for hydroxylation is 1. The van der Waals surface area contributed by atoms with Gasteiger partial charge < -0.3 is 15.4 Å². The van der Waals surface area contributed by atoms with Crippen LogP contribution in [-0.2, 0) is 4.74 Å². The number of rotatable bonds is 5. The number of amides is 2. The topological polar surface area (TPSA) is 63.2 Å². The zero-order chi connectivity index (χ0) is 15.2. The van der Waals surface area contributed by atoms with Gasteiger partial charge in [-0.1, -0.05) is 12.1 Å². The summed E-state index contributed by atoms with van der Waals surface area (Å²) < 4.78 is 4.98. The average molecular weight is 305 g/mol. The smallest absolute Gasteiger partial charge is 0.319 e. The van der Waals surface area contributed by atoms with Crippen molar-refractivity contribution in [1.82, 2.24) is 10.3 Å². The zero-order valence-electron chi connectivity index (χ0n) is 12.3. The summed E-state index contributed by atoms with van der Waals surface area (Å²) in [4.78, 5) is 16.3. The summed E-state index contributed by atoms with van der Waals surface area (Å²) in [6.07, 6.45) is 0. The Kier molecular flexibility index (Phi) is 5.30. The summed E-state index contributed by atoms with van der Waals surface area (Å²) in [5.41, 5.74) is 2.73. The van der Waals surface area contributed by atoms with Crippen LogP contribution in [0.4, 0.5) is 10.5 Å². The second kappa shape index (κ2) is 7.19. The van der Waals surface area contributed by atoms with Gasteiger partial charge in [0.1, 0.15) is 5.01 Å². The number of hydrogen-bond acceptors (Lipinski definition) is 4. The standard InChI is InChI=1S/C15H19N3O2S/c1-10(8-20-3)17-15(19)18-13-6-4-5-12(7-13)14-16-11(2)9-21-14/h4-7,9-10H,8H2,1-3H3,(H2,17,18,19)/t10-/m0/s1. The van der Waals surface area contributed by atoms with E-state index in [0.29, 0.717) is 6.61 Å². The Morgan fingerprint density at radius 2 is 2.29 bits per heavy atom. The zero-order valence-corrected chi connectivity index (χ0v) is 13.2. The number of aromatic nitrogens is 1. The lowest BCUT2D eigenvalue weighted by Crippen LogP contribution is -2.38. The molecule has 0 saturated carbocycles. The normalized spacial score (nSPS) is 12.0. The number of thiazole rings is 1. The minimum atomic E-state index is -0.244. The number of anilines is 1. The van der Waals surface area contributed by atoms with Crippen molar-refractivity contribution >= 4 is 23.1 Å². The third kappa shape index (κ3) is 4.54. The van der Waals surface area contributed by atoms with Crippen molar-refractivity contribution in [2.24, 2.45) is 0 Å². The number of nitrogens with one attached hydrogen (secondary N) is 2. The van der Waals surface area contributed by atoms with Gasteiger partial charge in [0.15, 0.2) is 0 Å². The molecule has 112 valence electrons. The number of ether oxygens (including phenoxy) is 1. The first kappa shape index (κ1) is 15.5. The van der Waals surface area contributed by atoms with E-state index >= 15 is 0 Å². The first-order chi connectivity index (χ1) is 10.1. The molecule has 5 nitrogen and oxygen atoms in total. The molecule has 0 spiro atoms. The van der Waals surface area contributed by atoms with Crippen molar-refractivity contribution in [3.05, 3.63) is 35.3 Å². The number of carbonyl (C=O) groups excluding carboxylic acids is 1. The van der Waals surface area contributed by atoms with Crippen LogP contribution in [-0.4, -0.2) is 30.8 Å². The van der Waals surface area contributed by atoms with Crippen molar-refractivity contribution in [3.63, 3.8) is 0 Å². The molecular weight excluding hydrogens is 286 g/mol. The molecule has 1 atom stereocenters. The van der Waals surface area contributed by atoms with Crippen molar-refractivity contribution in [1.29, 1.82) is 0 Å². The van der Waals surface area contributed by atoms with Gasteiger partial charge in [0.2, 0.25) is 0 Å². The van der Waals surface area contributed by atoms with Crippen LogP contribution in [0.25, 0.3) is 10.6 Å². The average Bonchev–Trinajstić information content (AvgIpc) is 2.86. The first-order valence-corrected chi connectivity index (χ1v) is 7.55. The van der Waals surface area contributed by atoms with Gasteiger partial charge in [0.25, 0.3) is 0 Å². The number of methoxy groups -OCH3 is 1. The van der Waals surface area contributed by atoms with Crippen LogP contribution in [0.1, 0.15) is 12.6 Å². The lowest BCUT2D eigenvalue weighted by molar-refractivity contribution is 0.173. The highest BCUT2D eigenvalue weighted by atomic mass is 32.1. The van der Waals surface area contributed by atoms with Gasteiger partial charge in [-0.3, -0.25) is 0 Å². The Balaban J connectivity index is 2.03. The summed E-state index contributed by atoms with van der Waals surface area (Å²) in [5.74, 6) is 0. The third-order valence-electron chi connectivity index (χ3n) is 2.78. The lowest BCUT2D eigenvalue weighted by atomic mass is 10.2. The van der Waals surface area contributed by atoms with Crippen LogP contribution in [0.2, 0.25) is 0 Å². The fraction of sp³-hybridized carbons (Fsp3) is 0.333. The Labute approximate surface area is 128 Å². The summed E-state index contributed by atoms with van der Waals surface area (Å²) >= 11 is 1.59. The van der Waals surface area contributed by atoms with Gasteiger partial charge in [0, 0.05) is 29.4 Å². The van der Waals surface area contributed by atoms with E-state index in [1.54, 1.807) is 18.4 Å². The van der Waals surface area contributed by atoms with Crippen LogP contribution < -0.4 is 10.6 Å². The maximum Gasteiger partial charge on any atom is 0.319 e. The largest absolute Gasteiger partial charge is 0.383 e. The van der Waals surface area contributed by atoms with Crippen molar-refractivity contribution in [3.8, 4) is 10.6 Å². The Hall–Kier alpha value is -1.92. The molecule has 2 amide bonds. The van der Waals surface area contributed by atoms with E-state index in [4.69, 9.17) is 4.74 Å². The number of carbonyl (C=O) groups is 1. The van der Waals surface area contributed by atoms with E-state index in [1.807, 2.05) is 43.5 Å². The molecule has 2 rings (SSSR count). The molecule has 21 heavy (non-hydrogen) atoms. The van der Waals surface area contributed by atoms with E-state index in [-0.39, 0.29) is 12.1 Å². The van der Waals surface area contributed by atoms with Gasteiger partial charge in [-0.05, 0) is 26.0 Å². The van der Waals surface area contributed by atoms with Crippen LogP contribution in [0, 0.1) is 6.92 Å². The van der Waals surface area contributed by atoms with E-state index in [2.05, 4.69) is 15.6 Å². The minimum Gasteiger partial charge on any atom is -0.383 e. The van der Waals surface area contributed by atoms with Crippen LogP contribution in [0.3, 0.4) is 0 Å². The number of urea groups is 1. The molecule has 1 heterocycles. The molecule has 0 unspecified atom stereocenters. The lowest BCUT2D eigenvalue weighted by Gasteiger charge is -2.13. The van der Waals surface area contributed by atoms with Crippen molar-refractivity contribution in [2.45, 2.75) is 19.9 Å². The van der Waals surface area contributed by atoms with E-state index in [0.717, 1.165) is 22.0 Å². The summed E-state index contributed by atoms with van der Waals surface area (Å²) in [6, 6.07) is 7.37. The first-order valence-electron chi connectivity index (χ1n) is 6.67. The van der Waals surface area contributed by atoms with Gasteiger partial charge in [0.05, 0.1) is 12.6 Å². The fourth-order valence-electron chi connectivity index (χ4n) is 1.90. The quantitative estimate of drug-likeness (QED) is 0.891. The molecule has 0 aliphatic rings. The molecule has 1 aromatic carbocycles. The van der Waals surface area contributed by atoms with Crippen LogP contribution in [0.15, 0.2) is 29.6 Å². The summed E-state index contributed by atoms with van der Waals surface area (Å²) in [6.45, 7) is 4.33. The number of hydrogen-bond donors (Lipinski definition) is 2. The highest BCUT2D eigenvalue weighted by molar-refractivity contribution is 7.13. The molecule has 0 fully saturated rings. The Bertz CT molecular complexity index is 612. The van der Waals surface area contributed by atoms with E-state index in [1.165, 1.54) is 0 Å². The molecule has 1 aromatic heterocycles. The summed E-state index contributed by atoms with van der Waals surface area (Å²) in [5, 5.41) is 8.58. The second-order valence-electron chi connectivity index (χ2n) is 4.83. The molecule has 2 aromatic rings. The molecular formula is C15H19N3O2S. The molecule has 2 N–H and O–H groups in total. The predicted molar refractivity (Wildman–Crippen MR) is 85.8 cm³/mol. The van der Waals surface area contributed by atoms with Gasteiger partial charge in [-0.25, -0.2) is 9.78 Å². The Morgan fingerprint density at radius 3 is 2.95 bits per heavy atom.